The monoisotopic (exact) mass is 257 g/mol. The molecule has 98 valence electrons. The van der Waals surface area contributed by atoms with E-state index in [-0.39, 0.29) is 5.69 Å². The Bertz CT molecular complexity index is 568. The third-order valence-electron chi connectivity index (χ3n) is 2.62. The summed E-state index contributed by atoms with van der Waals surface area (Å²) in [5, 5.41) is 3.05. The van der Waals surface area contributed by atoms with Gasteiger partial charge in [0, 0.05) is 24.6 Å². The van der Waals surface area contributed by atoms with E-state index in [0.29, 0.717) is 12.4 Å². The van der Waals surface area contributed by atoms with Crippen LogP contribution in [0, 0.1) is 0 Å². The van der Waals surface area contributed by atoms with Gasteiger partial charge in [-0.15, -0.1) is 0 Å². The van der Waals surface area contributed by atoms with Gasteiger partial charge < -0.3 is 16.8 Å². The number of nitrogen functional groups attached to an aromatic ring is 1. The topological polar surface area (TPSA) is 107 Å². The second kappa shape index (κ2) is 5.81. The van der Waals surface area contributed by atoms with Crippen LogP contribution in [0.2, 0.25) is 0 Å². The average molecular weight is 257 g/mol. The van der Waals surface area contributed by atoms with Crippen molar-refractivity contribution in [1.29, 1.82) is 0 Å². The molecule has 1 aromatic carbocycles. The van der Waals surface area contributed by atoms with E-state index < -0.39 is 5.91 Å². The molecule has 0 radical (unpaired) electrons. The minimum absolute atomic E-state index is 0.153. The second-order valence-electron chi connectivity index (χ2n) is 4.04. The molecule has 0 fully saturated rings. The maximum Gasteiger partial charge on any atom is 0.271 e. The van der Waals surface area contributed by atoms with Crippen molar-refractivity contribution in [2.24, 2.45) is 5.73 Å². The van der Waals surface area contributed by atoms with Gasteiger partial charge >= 0.3 is 0 Å². The van der Waals surface area contributed by atoms with E-state index in [2.05, 4.69) is 15.3 Å². The highest BCUT2D eigenvalue weighted by Gasteiger charge is 2.09. The van der Waals surface area contributed by atoms with E-state index in [0.717, 1.165) is 17.7 Å². The van der Waals surface area contributed by atoms with Crippen LogP contribution in [-0.4, -0.2) is 22.4 Å². The van der Waals surface area contributed by atoms with E-state index in [1.54, 1.807) is 0 Å². The van der Waals surface area contributed by atoms with Crippen LogP contribution in [0.15, 0.2) is 36.7 Å². The van der Waals surface area contributed by atoms with Gasteiger partial charge in [-0.1, -0.05) is 12.1 Å². The molecule has 5 N–H and O–H groups in total. The standard InChI is InChI=1S/C13H15N5O/c14-10-3-1-9(2-4-10)5-6-17-13-11(12(15)19)16-7-8-18-13/h1-4,7-8H,5-6,14H2,(H2,15,19)(H,17,18). The number of aromatic nitrogens is 2. The lowest BCUT2D eigenvalue weighted by molar-refractivity contribution is 0.0996. The highest BCUT2D eigenvalue weighted by molar-refractivity contribution is 5.95. The van der Waals surface area contributed by atoms with Gasteiger partial charge in [-0.2, -0.15) is 0 Å². The molecule has 0 saturated heterocycles. The Balaban J connectivity index is 1.96. The number of carbonyl (C=O) groups excluding carboxylic acids is 1. The molecule has 2 aromatic rings. The van der Waals surface area contributed by atoms with E-state index in [9.17, 15) is 4.79 Å². The lowest BCUT2D eigenvalue weighted by Gasteiger charge is -2.08. The Labute approximate surface area is 110 Å². The van der Waals surface area contributed by atoms with Gasteiger partial charge in [0.15, 0.2) is 11.5 Å². The molecule has 0 bridgehead atoms. The van der Waals surface area contributed by atoms with E-state index in [1.807, 2.05) is 24.3 Å². The Hall–Kier alpha value is -2.63. The summed E-state index contributed by atoms with van der Waals surface area (Å²) in [7, 11) is 0. The predicted molar refractivity (Wildman–Crippen MR) is 73.6 cm³/mol. The molecule has 0 aliphatic carbocycles. The number of nitrogens with one attached hydrogen (secondary N) is 1. The first-order valence-electron chi connectivity index (χ1n) is 5.86. The second-order valence-corrected chi connectivity index (χ2v) is 4.04. The maximum absolute atomic E-state index is 11.2. The number of benzene rings is 1. The first-order chi connectivity index (χ1) is 9.16. The summed E-state index contributed by atoms with van der Waals surface area (Å²) in [6.07, 6.45) is 3.73. The van der Waals surface area contributed by atoms with Crippen molar-refractivity contribution in [3.05, 3.63) is 47.9 Å². The smallest absolute Gasteiger partial charge is 0.271 e. The average Bonchev–Trinajstić information content (AvgIpc) is 2.41. The lowest BCUT2D eigenvalue weighted by Crippen LogP contribution is -2.18. The van der Waals surface area contributed by atoms with Crippen LogP contribution in [-0.2, 0) is 6.42 Å². The van der Waals surface area contributed by atoms with E-state index in [1.165, 1.54) is 12.4 Å². The molecule has 19 heavy (non-hydrogen) atoms. The molecule has 1 heterocycles. The normalized spacial score (nSPS) is 10.1. The molecular weight excluding hydrogens is 242 g/mol. The fraction of sp³-hybridized carbons (Fsp3) is 0.154. The van der Waals surface area contributed by atoms with E-state index in [4.69, 9.17) is 11.5 Å². The Morgan fingerprint density at radius 1 is 1.16 bits per heavy atom. The Morgan fingerprint density at radius 2 is 1.84 bits per heavy atom. The number of rotatable bonds is 5. The molecule has 0 unspecified atom stereocenters. The maximum atomic E-state index is 11.2. The van der Waals surface area contributed by atoms with Crippen LogP contribution < -0.4 is 16.8 Å². The van der Waals surface area contributed by atoms with Crippen molar-refractivity contribution in [3.63, 3.8) is 0 Å². The third kappa shape index (κ3) is 3.41. The summed E-state index contributed by atoms with van der Waals surface area (Å²) < 4.78 is 0. The van der Waals surface area contributed by atoms with Crippen LogP contribution >= 0.6 is 0 Å². The fourth-order valence-corrected chi connectivity index (χ4v) is 1.66. The highest BCUT2D eigenvalue weighted by atomic mass is 16.1. The lowest BCUT2D eigenvalue weighted by atomic mass is 10.1. The molecule has 0 spiro atoms. The predicted octanol–water partition coefficient (Wildman–Crippen LogP) is 0.812. The summed E-state index contributed by atoms with van der Waals surface area (Å²) in [5.74, 6) is -0.187. The Kier molecular flexibility index (Phi) is 3.92. The highest BCUT2D eigenvalue weighted by Crippen LogP contribution is 2.09. The van der Waals surface area contributed by atoms with Gasteiger partial charge in [-0.05, 0) is 24.1 Å². The largest absolute Gasteiger partial charge is 0.399 e. The number of nitrogens with zero attached hydrogens (tertiary/aromatic N) is 2. The third-order valence-corrected chi connectivity index (χ3v) is 2.62. The first kappa shape index (κ1) is 12.8. The molecule has 6 heteroatoms. The van der Waals surface area contributed by atoms with Gasteiger partial charge in [0.25, 0.3) is 5.91 Å². The number of hydrogen-bond donors (Lipinski definition) is 3. The molecule has 0 saturated carbocycles. The molecule has 1 aromatic heterocycles. The van der Waals surface area contributed by atoms with Crippen molar-refractivity contribution in [3.8, 4) is 0 Å². The Morgan fingerprint density at radius 3 is 2.53 bits per heavy atom. The zero-order valence-electron chi connectivity index (χ0n) is 10.3. The molecule has 0 aliphatic heterocycles. The number of primary amides is 1. The summed E-state index contributed by atoms with van der Waals surface area (Å²) >= 11 is 0. The van der Waals surface area contributed by atoms with Gasteiger partial charge in [0.05, 0.1) is 0 Å². The fourth-order valence-electron chi connectivity index (χ4n) is 1.66. The van der Waals surface area contributed by atoms with Gasteiger partial charge in [0.2, 0.25) is 0 Å². The van der Waals surface area contributed by atoms with Crippen molar-refractivity contribution in [1.82, 2.24) is 9.97 Å². The number of nitrogens with two attached hydrogens (primary N) is 2. The summed E-state index contributed by atoms with van der Waals surface area (Å²) in [5.41, 5.74) is 12.9. The van der Waals surface area contributed by atoms with Gasteiger partial charge in [-0.25, -0.2) is 9.97 Å². The van der Waals surface area contributed by atoms with Crippen molar-refractivity contribution in [2.45, 2.75) is 6.42 Å². The molecule has 0 aliphatic rings. The molecular formula is C13H15N5O. The van der Waals surface area contributed by atoms with Crippen molar-refractivity contribution < 1.29 is 4.79 Å². The SMILES string of the molecule is NC(=O)c1nccnc1NCCc1ccc(N)cc1. The zero-order valence-corrected chi connectivity index (χ0v) is 10.3. The first-order valence-corrected chi connectivity index (χ1v) is 5.86. The number of anilines is 2. The van der Waals surface area contributed by atoms with Crippen LogP contribution in [0.3, 0.4) is 0 Å². The quantitative estimate of drug-likeness (QED) is 0.687. The van der Waals surface area contributed by atoms with Crippen LogP contribution in [0.4, 0.5) is 11.5 Å². The van der Waals surface area contributed by atoms with Gasteiger partial charge in [-0.3, -0.25) is 4.79 Å². The summed E-state index contributed by atoms with van der Waals surface area (Å²) in [6.45, 7) is 0.628. The van der Waals surface area contributed by atoms with Crippen molar-refractivity contribution >= 4 is 17.4 Å². The molecule has 2 rings (SSSR count). The van der Waals surface area contributed by atoms with Crippen molar-refractivity contribution in [2.75, 3.05) is 17.6 Å². The minimum Gasteiger partial charge on any atom is -0.399 e. The molecule has 1 amide bonds. The van der Waals surface area contributed by atoms with Gasteiger partial charge in [0.1, 0.15) is 0 Å². The van der Waals surface area contributed by atoms with Crippen LogP contribution in [0.25, 0.3) is 0 Å². The van der Waals surface area contributed by atoms with Crippen LogP contribution in [0.1, 0.15) is 16.1 Å². The minimum atomic E-state index is -0.594. The number of amides is 1. The molecule has 0 atom stereocenters. The summed E-state index contributed by atoms with van der Waals surface area (Å²) in [4.78, 5) is 19.1. The molecule has 6 nitrogen and oxygen atoms in total. The number of hydrogen-bond acceptors (Lipinski definition) is 5. The van der Waals surface area contributed by atoms with E-state index >= 15 is 0 Å². The zero-order chi connectivity index (χ0) is 13.7. The summed E-state index contributed by atoms with van der Waals surface area (Å²) in [6, 6.07) is 7.63. The number of carbonyl (C=O) groups is 1. The van der Waals surface area contributed by atoms with Crippen LogP contribution in [0.5, 0.6) is 0 Å².